The molecule has 2 N–H and O–H groups in total. The third-order valence-corrected chi connectivity index (χ3v) is 3.26. The monoisotopic (exact) mass is 280 g/mol. The van der Waals surface area contributed by atoms with E-state index in [0.29, 0.717) is 23.9 Å². The number of hydrogen-bond donors (Lipinski definition) is 1. The van der Waals surface area contributed by atoms with E-state index in [2.05, 4.69) is 10.2 Å². The molecule has 0 aliphatic rings. The van der Waals surface area contributed by atoms with Crippen LogP contribution in [0.1, 0.15) is 17.2 Å². The Bertz CT molecular complexity index is 568. The molecule has 5 nitrogen and oxygen atoms in total. The Kier molecular flexibility index (Phi) is 4.39. The lowest BCUT2D eigenvalue weighted by Gasteiger charge is -2.09. The SMILES string of the molecule is Cc1nnc(COc2ccc(CCN)cc2Cl)n1C. The second-order valence-corrected chi connectivity index (χ2v) is 4.72. The lowest BCUT2D eigenvalue weighted by atomic mass is 10.1. The first-order chi connectivity index (χ1) is 9.11. The van der Waals surface area contributed by atoms with Crippen LogP contribution in [0.3, 0.4) is 0 Å². The smallest absolute Gasteiger partial charge is 0.170 e. The van der Waals surface area contributed by atoms with Crippen LogP contribution >= 0.6 is 11.6 Å². The van der Waals surface area contributed by atoms with Gasteiger partial charge in [0.15, 0.2) is 5.82 Å². The second-order valence-electron chi connectivity index (χ2n) is 4.31. The molecule has 1 aromatic heterocycles. The maximum Gasteiger partial charge on any atom is 0.170 e. The van der Waals surface area contributed by atoms with Gasteiger partial charge in [-0.15, -0.1) is 10.2 Å². The van der Waals surface area contributed by atoms with E-state index in [1.165, 1.54) is 0 Å². The van der Waals surface area contributed by atoms with E-state index < -0.39 is 0 Å². The van der Waals surface area contributed by atoms with E-state index in [9.17, 15) is 0 Å². The zero-order chi connectivity index (χ0) is 13.8. The quantitative estimate of drug-likeness (QED) is 0.908. The summed E-state index contributed by atoms with van der Waals surface area (Å²) in [4.78, 5) is 0. The Morgan fingerprint density at radius 2 is 2.16 bits per heavy atom. The molecular weight excluding hydrogens is 264 g/mol. The van der Waals surface area contributed by atoms with Crippen LogP contribution in [0.15, 0.2) is 18.2 Å². The van der Waals surface area contributed by atoms with E-state index in [0.717, 1.165) is 23.6 Å². The summed E-state index contributed by atoms with van der Waals surface area (Å²) < 4.78 is 7.55. The number of nitrogens with zero attached hydrogens (tertiary/aromatic N) is 3. The van der Waals surface area contributed by atoms with Crippen LogP contribution in [-0.2, 0) is 20.1 Å². The molecule has 0 aliphatic carbocycles. The summed E-state index contributed by atoms with van der Waals surface area (Å²) in [5.74, 6) is 2.26. The first-order valence-electron chi connectivity index (χ1n) is 6.08. The molecule has 2 rings (SSSR count). The van der Waals surface area contributed by atoms with Gasteiger partial charge in [-0.05, 0) is 37.6 Å². The number of aryl methyl sites for hydroxylation is 1. The van der Waals surface area contributed by atoms with Crippen molar-refractivity contribution < 1.29 is 4.74 Å². The average Bonchev–Trinajstić information content (AvgIpc) is 2.70. The fraction of sp³-hybridized carbons (Fsp3) is 0.385. The molecule has 1 aromatic carbocycles. The van der Waals surface area contributed by atoms with Crippen LogP contribution in [0.5, 0.6) is 5.75 Å². The number of aromatic nitrogens is 3. The highest BCUT2D eigenvalue weighted by atomic mass is 35.5. The highest BCUT2D eigenvalue weighted by Crippen LogP contribution is 2.26. The lowest BCUT2D eigenvalue weighted by molar-refractivity contribution is 0.291. The highest BCUT2D eigenvalue weighted by Gasteiger charge is 2.08. The van der Waals surface area contributed by atoms with Gasteiger partial charge in [0.1, 0.15) is 18.2 Å². The van der Waals surface area contributed by atoms with Gasteiger partial charge in [0, 0.05) is 7.05 Å². The molecule has 0 atom stereocenters. The maximum absolute atomic E-state index is 6.17. The summed E-state index contributed by atoms with van der Waals surface area (Å²) >= 11 is 6.17. The van der Waals surface area contributed by atoms with Crippen molar-refractivity contribution in [3.05, 3.63) is 40.4 Å². The Morgan fingerprint density at radius 3 is 2.74 bits per heavy atom. The van der Waals surface area contributed by atoms with Crippen LogP contribution in [0.2, 0.25) is 5.02 Å². The molecule has 0 fully saturated rings. The zero-order valence-corrected chi connectivity index (χ0v) is 11.8. The molecule has 19 heavy (non-hydrogen) atoms. The molecule has 2 aromatic rings. The number of rotatable bonds is 5. The van der Waals surface area contributed by atoms with Gasteiger partial charge >= 0.3 is 0 Å². The molecule has 0 saturated carbocycles. The lowest BCUT2D eigenvalue weighted by Crippen LogP contribution is -2.05. The first kappa shape index (κ1) is 13.8. The van der Waals surface area contributed by atoms with E-state index in [-0.39, 0.29) is 0 Å². The largest absolute Gasteiger partial charge is 0.484 e. The van der Waals surface area contributed by atoms with Crippen molar-refractivity contribution in [1.29, 1.82) is 0 Å². The Morgan fingerprint density at radius 1 is 1.37 bits per heavy atom. The summed E-state index contributed by atoms with van der Waals surface area (Å²) in [5.41, 5.74) is 6.62. The molecule has 6 heteroatoms. The number of benzene rings is 1. The van der Waals surface area contributed by atoms with Gasteiger partial charge in [-0.3, -0.25) is 0 Å². The normalized spacial score (nSPS) is 10.7. The Labute approximate surface area is 117 Å². The fourth-order valence-corrected chi connectivity index (χ4v) is 1.96. The third kappa shape index (κ3) is 3.24. The Balaban J connectivity index is 2.05. The number of hydrogen-bond acceptors (Lipinski definition) is 4. The molecule has 0 saturated heterocycles. The fourth-order valence-electron chi connectivity index (χ4n) is 1.70. The summed E-state index contributed by atoms with van der Waals surface area (Å²) in [6.07, 6.45) is 0.808. The maximum atomic E-state index is 6.17. The van der Waals surface area contributed by atoms with Crippen LogP contribution in [0.4, 0.5) is 0 Å². The number of ether oxygens (including phenoxy) is 1. The molecular formula is C13H17ClN4O. The average molecular weight is 281 g/mol. The van der Waals surface area contributed by atoms with Crippen molar-refractivity contribution in [2.24, 2.45) is 12.8 Å². The van der Waals surface area contributed by atoms with E-state index in [1.54, 1.807) is 0 Å². The zero-order valence-electron chi connectivity index (χ0n) is 11.1. The molecule has 0 radical (unpaired) electrons. The highest BCUT2D eigenvalue weighted by molar-refractivity contribution is 6.32. The van der Waals surface area contributed by atoms with Gasteiger partial charge in [0.25, 0.3) is 0 Å². The molecule has 0 aliphatic heterocycles. The summed E-state index contributed by atoms with van der Waals surface area (Å²) in [5, 5.41) is 8.60. The first-order valence-corrected chi connectivity index (χ1v) is 6.45. The molecule has 102 valence electrons. The van der Waals surface area contributed by atoms with Crippen molar-refractivity contribution >= 4 is 11.6 Å². The minimum absolute atomic E-state index is 0.341. The topological polar surface area (TPSA) is 66.0 Å². The van der Waals surface area contributed by atoms with Crippen molar-refractivity contribution in [3.63, 3.8) is 0 Å². The number of nitrogens with two attached hydrogens (primary N) is 1. The van der Waals surface area contributed by atoms with Crippen molar-refractivity contribution in [1.82, 2.24) is 14.8 Å². The predicted molar refractivity (Wildman–Crippen MR) is 74.3 cm³/mol. The third-order valence-electron chi connectivity index (χ3n) is 2.97. The minimum atomic E-state index is 0.341. The molecule has 1 heterocycles. The van der Waals surface area contributed by atoms with Crippen LogP contribution in [0, 0.1) is 6.92 Å². The second kappa shape index (κ2) is 6.04. The van der Waals surface area contributed by atoms with E-state index in [1.807, 2.05) is 36.7 Å². The van der Waals surface area contributed by atoms with E-state index >= 15 is 0 Å². The van der Waals surface area contributed by atoms with Crippen molar-refractivity contribution in [2.75, 3.05) is 6.54 Å². The summed E-state index contributed by atoms with van der Waals surface area (Å²) in [7, 11) is 1.90. The molecule has 0 spiro atoms. The van der Waals surface area contributed by atoms with Crippen LogP contribution in [0.25, 0.3) is 0 Å². The molecule has 0 amide bonds. The van der Waals surface area contributed by atoms with Gasteiger partial charge in [-0.1, -0.05) is 17.7 Å². The van der Waals surface area contributed by atoms with Gasteiger partial charge in [0.05, 0.1) is 5.02 Å². The van der Waals surface area contributed by atoms with Crippen molar-refractivity contribution in [2.45, 2.75) is 20.0 Å². The van der Waals surface area contributed by atoms with Crippen LogP contribution in [-0.4, -0.2) is 21.3 Å². The van der Waals surface area contributed by atoms with Gasteiger partial charge < -0.3 is 15.0 Å². The molecule has 0 bridgehead atoms. The predicted octanol–water partition coefficient (Wildman–Crippen LogP) is 1.86. The minimum Gasteiger partial charge on any atom is -0.484 e. The summed E-state index contributed by atoms with van der Waals surface area (Å²) in [6, 6.07) is 5.71. The standard InChI is InChI=1S/C13H17ClN4O/c1-9-16-17-13(18(9)2)8-19-12-4-3-10(5-6-15)7-11(12)14/h3-4,7H,5-6,8,15H2,1-2H3. The van der Waals surface area contributed by atoms with Gasteiger partial charge in [-0.25, -0.2) is 0 Å². The summed E-state index contributed by atoms with van der Waals surface area (Å²) in [6.45, 7) is 2.84. The van der Waals surface area contributed by atoms with Crippen molar-refractivity contribution in [3.8, 4) is 5.75 Å². The molecule has 0 unspecified atom stereocenters. The van der Waals surface area contributed by atoms with Gasteiger partial charge in [0.2, 0.25) is 0 Å². The van der Waals surface area contributed by atoms with E-state index in [4.69, 9.17) is 22.1 Å². The van der Waals surface area contributed by atoms with Crippen LogP contribution < -0.4 is 10.5 Å². The number of halogens is 1. The Hall–Kier alpha value is -1.59. The van der Waals surface area contributed by atoms with Gasteiger partial charge in [-0.2, -0.15) is 0 Å².